The molecule has 88 valence electrons. The van der Waals surface area contributed by atoms with Gasteiger partial charge >= 0.3 is 0 Å². The third-order valence-electron chi connectivity index (χ3n) is 2.25. The van der Waals surface area contributed by atoms with E-state index in [1.54, 1.807) is 0 Å². The first kappa shape index (κ1) is 16.7. The third-order valence-corrected chi connectivity index (χ3v) is 2.25. The standard InChI is InChI=1S/C12H28N.ClH/c1-11(10-12(2,3)4)8-9-13(5,6)7;/h11H,8-10H2,1-7H3;1H/q+1;/p-1. The molecule has 1 unspecified atom stereocenters. The van der Waals surface area contributed by atoms with E-state index in [4.69, 9.17) is 0 Å². The Labute approximate surface area is 96.9 Å². The van der Waals surface area contributed by atoms with Crippen molar-refractivity contribution < 1.29 is 16.9 Å². The second-order valence-corrected chi connectivity index (χ2v) is 6.67. The van der Waals surface area contributed by atoms with Crippen LogP contribution in [0.25, 0.3) is 0 Å². The molecule has 0 spiro atoms. The molecular formula is C12H28ClN. The Bertz CT molecular complexity index is 141. The zero-order chi connectivity index (χ0) is 10.7. The van der Waals surface area contributed by atoms with Crippen LogP contribution in [0, 0.1) is 11.3 Å². The first-order chi connectivity index (χ1) is 5.60. The fourth-order valence-corrected chi connectivity index (χ4v) is 1.76. The summed E-state index contributed by atoms with van der Waals surface area (Å²) in [4.78, 5) is 0. The Morgan fingerprint density at radius 1 is 1.07 bits per heavy atom. The summed E-state index contributed by atoms with van der Waals surface area (Å²) in [5.41, 5.74) is 0.490. The van der Waals surface area contributed by atoms with Crippen molar-refractivity contribution in [2.45, 2.75) is 40.5 Å². The smallest absolute Gasteiger partial charge is 0.0783 e. The normalized spacial score (nSPS) is 14.8. The fourth-order valence-electron chi connectivity index (χ4n) is 1.76. The van der Waals surface area contributed by atoms with E-state index in [2.05, 4.69) is 48.8 Å². The van der Waals surface area contributed by atoms with Crippen LogP contribution in [0.3, 0.4) is 0 Å². The molecule has 0 radical (unpaired) electrons. The van der Waals surface area contributed by atoms with E-state index >= 15 is 0 Å². The summed E-state index contributed by atoms with van der Waals surface area (Å²) in [5, 5.41) is 0. The number of rotatable bonds is 4. The summed E-state index contributed by atoms with van der Waals surface area (Å²) in [6.45, 7) is 10.7. The molecule has 14 heavy (non-hydrogen) atoms. The van der Waals surface area contributed by atoms with E-state index in [-0.39, 0.29) is 12.4 Å². The topological polar surface area (TPSA) is 0 Å². The Morgan fingerprint density at radius 3 is 1.79 bits per heavy atom. The van der Waals surface area contributed by atoms with Gasteiger partial charge in [0.25, 0.3) is 0 Å². The van der Waals surface area contributed by atoms with Crippen LogP contribution in [0.15, 0.2) is 0 Å². The number of halogens is 1. The molecule has 0 fully saturated rings. The van der Waals surface area contributed by atoms with E-state index < -0.39 is 0 Å². The minimum atomic E-state index is 0. The van der Waals surface area contributed by atoms with Crippen molar-refractivity contribution in [1.29, 1.82) is 0 Å². The lowest BCUT2D eigenvalue weighted by Gasteiger charge is -2.28. The van der Waals surface area contributed by atoms with Gasteiger partial charge in [-0.15, -0.1) is 0 Å². The highest BCUT2D eigenvalue weighted by atomic mass is 35.5. The van der Waals surface area contributed by atoms with Gasteiger partial charge in [-0.2, -0.15) is 0 Å². The molecule has 2 heteroatoms. The molecule has 0 heterocycles. The van der Waals surface area contributed by atoms with Crippen LogP contribution in [0.1, 0.15) is 40.5 Å². The van der Waals surface area contributed by atoms with Crippen LogP contribution in [-0.4, -0.2) is 32.2 Å². The molecule has 0 saturated heterocycles. The van der Waals surface area contributed by atoms with Gasteiger partial charge in [0.2, 0.25) is 0 Å². The Morgan fingerprint density at radius 2 is 1.50 bits per heavy atom. The second kappa shape index (κ2) is 5.97. The zero-order valence-electron chi connectivity index (χ0n) is 11.0. The average molecular weight is 222 g/mol. The molecule has 0 aliphatic heterocycles. The molecule has 0 amide bonds. The van der Waals surface area contributed by atoms with Crippen molar-refractivity contribution >= 4 is 0 Å². The minimum Gasteiger partial charge on any atom is -1.00 e. The van der Waals surface area contributed by atoms with Gasteiger partial charge < -0.3 is 16.9 Å². The number of nitrogens with zero attached hydrogens (tertiary/aromatic N) is 1. The highest BCUT2D eigenvalue weighted by Crippen LogP contribution is 2.26. The predicted octanol–water partition coefficient (Wildman–Crippen LogP) is 0.159. The molecule has 0 N–H and O–H groups in total. The third kappa shape index (κ3) is 12.2. The van der Waals surface area contributed by atoms with Gasteiger partial charge in [-0.25, -0.2) is 0 Å². The molecule has 1 atom stereocenters. The quantitative estimate of drug-likeness (QED) is 0.594. The second-order valence-electron chi connectivity index (χ2n) is 6.67. The largest absolute Gasteiger partial charge is 1.00 e. The molecule has 0 aromatic heterocycles. The molecule has 0 aromatic carbocycles. The molecule has 0 aromatic rings. The molecule has 0 rings (SSSR count). The van der Waals surface area contributed by atoms with Crippen molar-refractivity contribution in [2.75, 3.05) is 27.7 Å². The average Bonchev–Trinajstić information content (AvgIpc) is 1.78. The van der Waals surface area contributed by atoms with E-state index in [0.717, 1.165) is 10.4 Å². The molecule has 0 aliphatic rings. The SMILES string of the molecule is CC(CC[N+](C)(C)C)CC(C)(C)C.[Cl-]. The van der Waals surface area contributed by atoms with Gasteiger partial charge in [-0.1, -0.05) is 27.7 Å². The summed E-state index contributed by atoms with van der Waals surface area (Å²) >= 11 is 0. The van der Waals surface area contributed by atoms with E-state index in [1.165, 1.54) is 19.4 Å². The van der Waals surface area contributed by atoms with Crippen LogP contribution in [0.5, 0.6) is 0 Å². The van der Waals surface area contributed by atoms with Gasteiger partial charge in [0, 0.05) is 0 Å². The summed E-state index contributed by atoms with van der Waals surface area (Å²) in [5.74, 6) is 0.859. The highest BCUT2D eigenvalue weighted by molar-refractivity contribution is 4.65. The maximum absolute atomic E-state index is 2.38. The Kier molecular flexibility index (Phi) is 7.11. The van der Waals surface area contributed by atoms with Crippen LogP contribution in [0.4, 0.5) is 0 Å². The van der Waals surface area contributed by atoms with Crippen molar-refractivity contribution in [3.05, 3.63) is 0 Å². The van der Waals surface area contributed by atoms with Crippen LogP contribution >= 0.6 is 0 Å². The van der Waals surface area contributed by atoms with Crippen molar-refractivity contribution in [1.82, 2.24) is 0 Å². The lowest BCUT2D eigenvalue weighted by Crippen LogP contribution is -3.00. The van der Waals surface area contributed by atoms with Crippen molar-refractivity contribution in [2.24, 2.45) is 11.3 Å². The van der Waals surface area contributed by atoms with Crippen LogP contribution in [0.2, 0.25) is 0 Å². The maximum Gasteiger partial charge on any atom is 0.0783 e. The number of hydrogen-bond donors (Lipinski definition) is 0. The number of quaternary nitrogens is 1. The summed E-state index contributed by atoms with van der Waals surface area (Å²) in [7, 11) is 6.80. The first-order valence-electron chi connectivity index (χ1n) is 5.41. The summed E-state index contributed by atoms with van der Waals surface area (Å²) in [6.07, 6.45) is 2.69. The monoisotopic (exact) mass is 221 g/mol. The lowest BCUT2D eigenvalue weighted by atomic mass is 9.84. The Balaban J connectivity index is 0. The first-order valence-corrected chi connectivity index (χ1v) is 5.41. The van der Waals surface area contributed by atoms with E-state index in [9.17, 15) is 0 Å². The van der Waals surface area contributed by atoms with Crippen molar-refractivity contribution in [3.8, 4) is 0 Å². The molecule has 0 aliphatic carbocycles. The highest BCUT2D eigenvalue weighted by Gasteiger charge is 2.17. The maximum atomic E-state index is 2.38. The van der Waals surface area contributed by atoms with Gasteiger partial charge in [0.05, 0.1) is 27.7 Å². The van der Waals surface area contributed by atoms with Crippen molar-refractivity contribution in [3.63, 3.8) is 0 Å². The zero-order valence-corrected chi connectivity index (χ0v) is 11.8. The van der Waals surface area contributed by atoms with E-state index in [1.807, 2.05) is 0 Å². The summed E-state index contributed by atoms with van der Waals surface area (Å²) in [6, 6.07) is 0. The van der Waals surface area contributed by atoms with Gasteiger partial charge in [-0.3, -0.25) is 0 Å². The van der Waals surface area contributed by atoms with Gasteiger partial charge in [0.15, 0.2) is 0 Å². The predicted molar refractivity (Wildman–Crippen MR) is 60.8 cm³/mol. The van der Waals surface area contributed by atoms with Crippen LogP contribution in [-0.2, 0) is 0 Å². The minimum absolute atomic E-state index is 0. The molecular weight excluding hydrogens is 194 g/mol. The van der Waals surface area contributed by atoms with Gasteiger partial charge in [0.1, 0.15) is 0 Å². The van der Waals surface area contributed by atoms with Gasteiger partial charge in [-0.05, 0) is 24.2 Å². The van der Waals surface area contributed by atoms with E-state index in [0.29, 0.717) is 5.41 Å². The number of hydrogen-bond acceptors (Lipinski definition) is 0. The molecule has 0 bridgehead atoms. The lowest BCUT2D eigenvalue weighted by molar-refractivity contribution is -0.870. The summed E-state index contributed by atoms with van der Waals surface area (Å²) < 4.78 is 1.09. The van der Waals surface area contributed by atoms with Crippen LogP contribution < -0.4 is 12.4 Å². The Hall–Kier alpha value is 0.250. The molecule has 0 saturated carbocycles. The fraction of sp³-hybridized carbons (Fsp3) is 1.00. The molecule has 1 nitrogen and oxygen atoms in total.